The van der Waals surface area contributed by atoms with Crippen LogP contribution in [0.15, 0.2) is 66.4 Å². The molecule has 0 aliphatic carbocycles. The molecule has 2 aromatic carbocycles. The van der Waals surface area contributed by atoms with E-state index in [1.165, 1.54) is 19.9 Å². The maximum Gasteiger partial charge on any atom is 0.296 e. The van der Waals surface area contributed by atoms with Crippen LogP contribution in [0.1, 0.15) is 13.8 Å². The maximum absolute atomic E-state index is 13.0. The number of primary amides is 1. The van der Waals surface area contributed by atoms with Gasteiger partial charge in [0.2, 0.25) is 17.2 Å². The van der Waals surface area contributed by atoms with Gasteiger partial charge in [-0.3, -0.25) is 32.9 Å². The number of likely N-dealkylation sites (N-methyl/N-ethyl adjacent to an activating group) is 1. The lowest BCUT2D eigenvalue weighted by atomic mass is 9.95. The van der Waals surface area contributed by atoms with Crippen LogP contribution in [0.3, 0.4) is 0 Å². The SMILES string of the molecule is CCN1C(=O)C(C(N)=O)=C(C)C(N=Nc2cc(Nc3nc(Cl)nc(Nc4ccc(S(=O)(=O)O)c(N)c4)n3)c(S(=O)(=O)O)cc2S(=O)(=O)O)C1=O. The molecule has 22 nitrogen and oxygen atoms in total. The molecule has 50 heavy (non-hydrogen) atoms. The molecule has 26 heteroatoms. The lowest BCUT2D eigenvalue weighted by molar-refractivity contribution is -0.144. The highest BCUT2D eigenvalue weighted by Crippen LogP contribution is 2.36. The molecule has 0 spiro atoms. The smallest absolute Gasteiger partial charge is 0.296 e. The van der Waals surface area contributed by atoms with Crippen molar-refractivity contribution >= 4 is 94.3 Å². The molecular weight excluding hydrogens is 752 g/mol. The zero-order chi connectivity index (χ0) is 37.5. The highest BCUT2D eigenvalue weighted by atomic mass is 35.5. The Morgan fingerprint density at radius 3 is 2.02 bits per heavy atom. The molecule has 2 heterocycles. The number of nitrogen functional groups attached to an aromatic ring is 1. The summed E-state index contributed by atoms with van der Waals surface area (Å²) < 4.78 is 101. The number of halogens is 1. The molecular formula is C24H23ClN10O12S3. The Bertz CT molecular complexity index is 2370. The lowest BCUT2D eigenvalue weighted by Crippen LogP contribution is -2.50. The van der Waals surface area contributed by atoms with Crippen molar-refractivity contribution in [1.29, 1.82) is 0 Å². The van der Waals surface area contributed by atoms with Gasteiger partial charge in [-0.2, -0.15) is 50.4 Å². The van der Waals surface area contributed by atoms with Gasteiger partial charge < -0.3 is 22.1 Å². The average molecular weight is 775 g/mol. The van der Waals surface area contributed by atoms with Gasteiger partial charge in [0.25, 0.3) is 48.1 Å². The van der Waals surface area contributed by atoms with E-state index in [0.29, 0.717) is 17.0 Å². The number of nitrogens with one attached hydrogen (secondary N) is 2. The fraction of sp³-hybridized carbons (Fsp3) is 0.167. The van der Waals surface area contributed by atoms with Crippen LogP contribution in [0.5, 0.6) is 0 Å². The topological polar surface area (TPSA) is 357 Å². The Kier molecular flexibility index (Phi) is 10.2. The number of carbonyl (C=O) groups excluding carboxylic acids is 3. The zero-order valence-electron chi connectivity index (χ0n) is 25.1. The van der Waals surface area contributed by atoms with Crippen molar-refractivity contribution in [2.24, 2.45) is 16.0 Å². The molecule has 1 atom stereocenters. The molecule has 1 aliphatic heterocycles. The van der Waals surface area contributed by atoms with Crippen molar-refractivity contribution in [2.75, 3.05) is 22.9 Å². The molecule has 0 fully saturated rings. The fourth-order valence-electron chi connectivity index (χ4n) is 4.45. The van der Waals surface area contributed by atoms with Crippen molar-refractivity contribution in [3.63, 3.8) is 0 Å². The summed E-state index contributed by atoms with van der Waals surface area (Å²) in [5, 5.41) is 11.9. The highest BCUT2D eigenvalue weighted by Gasteiger charge is 2.40. The largest absolute Gasteiger partial charge is 0.398 e. The van der Waals surface area contributed by atoms with E-state index in [0.717, 1.165) is 12.1 Å². The number of rotatable bonds is 11. The molecule has 4 rings (SSSR count). The predicted molar refractivity (Wildman–Crippen MR) is 171 cm³/mol. The van der Waals surface area contributed by atoms with Crippen molar-refractivity contribution in [1.82, 2.24) is 19.9 Å². The van der Waals surface area contributed by atoms with E-state index in [1.807, 2.05) is 0 Å². The zero-order valence-corrected chi connectivity index (χ0v) is 28.3. The molecule has 266 valence electrons. The van der Waals surface area contributed by atoms with Gasteiger partial charge in [-0.25, -0.2) is 0 Å². The molecule has 3 amide bonds. The minimum atomic E-state index is -5.33. The van der Waals surface area contributed by atoms with Crippen molar-refractivity contribution in [2.45, 2.75) is 34.6 Å². The first-order valence-electron chi connectivity index (χ1n) is 13.3. The van der Waals surface area contributed by atoms with Gasteiger partial charge in [0.15, 0.2) is 6.04 Å². The number of hydrogen-bond donors (Lipinski definition) is 7. The Morgan fingerprint density at radius 2 is 1.50 bits per heavy atom. The number of carbonyl (C=O) groups is 3. The van der Waals surface area contributed by atoms with E-state index in [9.17, 15) is 53.3 Å². The number of anilines is 5. The molecule has 3 aromatic rings. The number of imide groups is 1. The van der Waals surface area contributed by atoms with Crippen molar-refractivity contribution < 1.29 is 53.3 Å². The van der Waals surface area contributed by atoms with E-state index in [2.05, 4.69) is 35.8 Å². The Morgan fingerprint density at radius 1 is 0.920 bits per heavy atom. The summed E-state index contributed by atoms with van der Waals surface area (Å²) in [6.45, 7) is 2.38. The maximum atomic E-state index is 13.0. The molecule has 0 saturated carbocycles. The number of amides is 3. The first kappa shape index (κ1) is 37.6. The number of hydrogen-bond acceptors (Lipinski definition) is 17. The Balaban J connectivity index is 1.83. The summed E-state index contributed by atoms with van der Waals surface area (Å²) in [7, 11) is -15.3. The molecule has 0 radical (unpaired) electrons. The van der Waals surface area contributed by atoms with E-state index in [1.54, 1.807) is 0 Å². The standard InChI is InChI=1S/C24H23ClN10O12S3/c1-3-35-20(37)17(19(27)36)9(2)18(21(35)38)34-33-13-7-12(15(49(42,43)44)8-16(13)50(45,46)47)29-24-31-22(25)30-23(32-24)28-10-4-5-14(11(26)6-10)48(39,40)41/h4-8,18H,3,26H2,1-2H3,(H2,27,36)(H,39,40,41)(H,42,43,44)(H,45,46,47)(H2,28,29,30,31,32). The van der Waals surface area contributed by atoms with Gasteiger partial charge >= 0.3 is 0 Å². The average Bonchev–Trinajstić information content (AvgIpc) is 2.95. The van der Waals surface area contributed by atoms with Gasteiger partial charge in [0.1, 0.15) is 25.9 Å². The predicted octanol–water partition coefficient (Wildman–Crippen LogP) is 0.977. The van der Waals surface area contributed by atoms with Crippen molar-refractivity contribution in [3.05, 3.63) is 46.8 Å². The monoisotopic (exact) mass is 774 g/mol. The second-order valence-corrected chi connectivity index (χ2v) is 14.4. The van der Waals surface area contributed by atoms with Crippen LogP contribution in [-0.2, 0) is 44.7 Å². The third kappa shape index (κ3) is 7.99. The molecule has 1 unspecified atom stereocenters. The van der Waals surface area contributed by atoms with Gasteiger partial charge in [0, 0.05) is 12.2 Å². The highest BCUT2D eigenvalue weighted by molar-refractivity contribution is 7.87. The third-order valence-electron chi connectivity index (χ3n) is 6.62. The fourth-order valence-corrected chi connectivity index (χ4v) is 6.56. The van der Waals surface area contributed by atoms with Gasteiger partial charge in [-0.1, -0.05) is 0 Å². The van der Waals surface area contributed by atoms with E-state index < -0.39 is 97.0 Å². The van der Waals surface area contributed by atoms with E-state index >= 15 is 0 Å². The molecule has 1 aliphatic rings. The normalized spacial score (nSPS) is 15.9. The van der Waals surface area contributed by atoms with Crippen LogP contribution in [-0.4, -0.2) is 89.1 Å². The number of aromatic nitrogens is 3. The second-order valence-electron chi connectivity index (χ2n) is 9.92. The molecule has 0 bridgehead atoms. The summed E-state index contributed by atoms with van der Waals surface area (Å²) in [6, 6.07) is 2.47. The summed E-state index contributed by atoms with van der Waals surface area (Å²) in [5.41, 5.74) is 8.37. The van der Waals surface area contributed by atoms with Gasteiger partial charge in [0.05, 0.1) is 11.4 Å². The quantitative estimate of drug-likeness (QED) is 0.0469. The van der Waals surface area contributed by atoms with Gasteiger partial charge in [-0.15, -0.1) is 0 Å². The first-order valence-corrected chi connectivity index (χ1v) is 18.0. The Hall–Kier alpha value is -5.18. The molecule has 1 aromatic heterocycles. The van der Waals surface area contributed by atoms with Crippen LogP contribution in [0.4, 0.5) is 34.6 Å². The third-order valence-corrected chi connectivity index (χ3v) is 9.50. The summed E-state index contributed by atoms with van der Waals surface area (Å²) in [5.74, 6) is -4.07. The van der Waals surface area contributed by atoms with E-state index in [4.69, 9.17) is 23.1 Å². The van der Waals surface area contributed by atoms with Crippen LogP contribution in [0.2, 0.25) is 5.28 Å². The Labute approximate surface area is 286 Å². The summed E-state index contributed by atoms with van der Waals surface area (Å²) in [4.78, 5) is 46.8. The number of benzene rings is 2. The number of azo groups is 1. The van der Waals surface area contributed by atoms with Gasteiger partial charge in [-0.05, 0) is 61.4 Å². The first-order chi connectivity index (χ1) is 23.0. The van der Waals surface area contributed by atoms with E-state index in [-0.39, 0.29) is 29.4 Å². The minimum absolute atomic E-state index is 0.0754. The number of nitrogens with zero attached hydrogens (tertiary/aromatic N) is 6. The number of nitrogens with two attached hydrogens (primary N) is 2. The molecule has 9 N–H and O–H groups in total. The lowest BCUT2D eigenvalue weighted by Gasteiger charge is -2.29. The van der Waals surface area contributed by atoms with Crippen LogP contribution < -0.4 is 22.1 Å². The summed E-state index contributed by atoms with van der Waals surface area (Å²) in [6.07, 6.45) is 0. The van der Waals surface area contributed by atoms with Crippen LogP contribution in [0, 0.1) is 0 Å². The molecule has 0 saturated heterocycles. The van der Waals surface area contributed by atoms with Crippen LogP contribution >= 0.6 is 11.6 Å². The van der Waals surface area contributed by atoms with Crippen molar-refractivity contribution in [3.8, 4) is 0 Å². The van der Waals surface area contributed by atoms with Crippen LogP contribution in [0.25, 0.3) is 0 Å². The second kappa shape index (κ2) is 13.6. The summed E-state index contributed by atoms with van der Waals surface area (Å²) >= 11 is 5.99. The minimum Gasteiger partial charge on any atom is -0.398 e.